The summed E-state index contributed by atoms with van der Waals surface area (Å²) >= 11 is 0. The van der Waals surface area contributed by atoms with Gasteiger partial charge < -0.3 is 14.8 Å². The summed E-state index contributed by atoms with van der Waals surface area (Å²) in [5.41, 5.74) is 3.49. The summed E-state index contributed by atoms with van der Waals surface area (Å²) in [6.45, 7) is 4.56. The topological polar surface area (TPSA) is 47.6 Å². The molecule has 0 aliphatic carbocycles. The van der Waals surface area contributed by atoms with Gasteiger partial charge in [0.2, 0.25) is 0 Å². The van der Waals surface area contributed by atoms with Gasteiger partial charge in [0.05, 0.1) is 7.11 Å². The fourth-order valence-electron chi connectivity index (χ4n) is 2.17. The third-order valence-corrected chi connectivity index (χ3v) is 3.40. The van der Waals surface area contributed by atoms with Crippen LogP contribution in [0.4, 0.5) is 0 Å². The lowest BCUT2D eigenvalue weighted by Crippen LogP contribution is -2.28. The first-order chi connectivity index (χ1) is 10.6. The van der Waals surface area contributed by atoms with E-state index >= 15 is 0 Å². The summed E-state index contributed by atoms with van der Waals surface area (Å²) in [6, 6.07) is 13.4. The second-order valence-electron chi connectivity index (χ2n) is 5.15. The van der Waals surface area contributed by atoms with E-state index in [-0.39, 0.29) is 12.5 Å². The maximum absolute atomic E-state index is 11.9. The molecule has 0 atom stereocenters. The van der Waals surface area contributed by atoms with Gasteiger partial charge in [-0.2, -0.15) is 0 Å². The molecule has 0 aromatic heterocycles. The molecule has 0 heterocycles. The second-order valence-corrected chi connectivity index (χ2v) is 5.15. The molecule has 0 unspecified atom stereocenters. The molecule has 0 spiro atoms. The third-order valence-electron chi connectivity index (χ3n) is 3.40. The minimum absolute atomic E-state index is 0.0364. The van der Waals surface area contributed by atoms with Crippen LogP contribution in [-0.2, 0) is 11.3 Å². The summed E-state index contributed by atoms with van der Waals surface area (Å²) in [6.07, 6.45) is 0. The van der Waals surface area contributed by atoms with Crippen molar-refractivity contribution in [2.45, 2.75) is 20.4 Å². The van der Waals surface area contributed by atoms with Crippen LogP contribution in [0.15, 0.2) is 42.5 Å². The number of methoxy groups -OCH3 is 1. The summed E-state index contributed by atoms with van der Waals surface area (Å²) in [5, 5.41) is 2.86. The van der Waals surface area contributed by atoms with Crippen molar-refractivity contribution < 1.29 is 14.3 Å². The highest BCUT2D eigenvalue weighted by Gasteiger charge is 2.07. The minimum Gasteiger partial charge on any atom is -0.493 e. The van der Waals surface area contributed by atoms with Gasteiger partial charge in [0.1, 0.15) is 0 Å². The monoisotopic (exact) mass is 299 g/mol. The van der Waals surface area contributed by atoms with E-state index in [0.717, 1.165) is 5.56 Å². The molecule has 4 nitrogen and oxygen atoms in total. The van der Waals surface area contributed by atoms with Gasteiger partial charge in [-0.1, -0.05) is 35.9 Å². The van der Waals surface area contributed by atoms with E-state index in [9.17, 15) is 4.79 Å². The van der Waals surface area contributed by atoms with Gasteiger partial charge in [0, 0.05) is 6.54 Å². The van der Waals surface area contributed by atoms with E-state index in [0.29, 0.717) is 18.0 Å². The van der Waals surface area contributed by atoms with Gasteiger partial charge in [-0.05, 0) is 37.1 Å². The van der Waals surface area contributed by atoms with Crippen molar-refractivity contribution in [3.8, 4) is 11.5 Å². The van der Waals surface area contributed by atoms with Crippen molar-refractivity contribution in [1.82, 2.24) is 5.32 Å². The number of para-hydroxylation sites is 2. The van der Waals surface area contributed by atoms with Crippen LogP contribution in [0.1, 0.15) is 16.7 Å². The normalized spacial score (nSPS) is 10.1. The van der Waals surface area contributed by atoms with E-state index in [2.05, 4.69) is 18.3 Å². The number of amides is 1. The van der Waals surface area contributed by atoms with Crippen LogP contribution in [0.25, 0.3) is 0 Å². The Bertz CT molecular complexity index is 653. The Labute approximate surface area is 131 Å². The summed E-state index contributed by atoms with van der Waals surface area (Å²) in [4.78, 5) is 11.9. The largest absolute Gasteiger partial charge is 0.493 e. The summed E-state index contributed by atoms with van der Waals surface area (Å²) < 4.78 is 10.7. The van der Waals surface area contributed by atoms with Gasteiger partial charge in [-0.3, -0.25) is 4.79 Å². The first kappa shape index (κ1) is 15.9. The molecular formula is C18H21NO3. The molecule has 0 aliphatic heterocycles. The molecule has 0 fully saturated rings. The van der Waals surface area contributed by atoms with Crippen molar-refractivity contribution in [3.05, 3.63) is 59.2 Å². The zero-order chi connectivity index (χ0) is 15.9. The van der Waals surface area contributed by atoms with Gasteiger partial charge in [-0.15, -0.1) is 0 Å². The lowest BCUT2D eigenvalue weighted by Gasteiger charge is -2.11. The number of aryl methyl sites for hydroxylation is 2. The SMILES string of the molecule is COc1ccccc1OCC(=O)NCc1ccc(C)cc1C. The summed E-state index contributed by atoms with van der Waals surface area (Å²) in [7, 11) is 1.57. The average Bonchev–Trinajstić information content (AvgIpc) is 2.52. The van der Waals surface area contributed by atoms with Crippen molar-refractivity contribution in [2.75, 3.05) is 13.7 Å². The smallest absolute Gasteiger partial charge is 0.258 e. The molecule has 0 radical (unpaired) electrons. The van der Waals surface area contributed by atoms with E-state index in [1.165, 1.54) is 11.1 Å². The Kier molecular flexibility index (Phi) is 5.42. The van der Waals surface area contributed by atoms with E-state index in [1.807, 2.05) is 31.2 Å². The Morgan fingerprint density at radius 3 is 2.50 bits per heavy atom. The Morgan fingerprint density at radius 1 is 1.09 bits per heavy atom. The van der Waals surface area contributed by atoms with Crippen LogP contribution in [-0.4, -0.2) is 19.6 Å². The van der Waals surface area contributed by atoms with Gasteiger partial charge in [-0.25, -0.2) is 0 Å². The molecule has 2 aromatic carbocycles. The van der Waals surface area contributed by atoms with Crippen LogP contribution in [0, 0.1) is 13.8 Å². The average molecular weight is 299 g/mol. The van der Waals surface area contributed by atoms with Crippen LogP contribution in [0.5, 0.6) is 11.5 Å². The Hall–Kier alpha value is -2.49. The van der Waals surface area contributed by atoms with Crippen molar-refractivity contribution in [3.63, 3.8) is 0 Å². The van der Waals surface area contributed by atoms with E-state index in [4.69, 9.17) is 9.47 Å². The molecule has 22 heavy (non-hydrogen) atoms. The zero-order valence-corrected chi connectivity index (χ0v) is 13.2. The molecule has 2 aromatic rings. The van der Waals surface area contributed by atoms with E-state index in [1.54, 1.807) is 19.2 Å². The second kappa shape index (κ2) is 7.50. The maximum Gasteiger partial charge on any atom is 0.258 e. The number of hydrogen-bond donors (Lipinski definition) is 1. The molecule has 0 bridgehead atoms. The standard InChI is InChI=1S/C18H21NO3/c1-13-8-9-15(14(2)10-13)11-19-18(20)12-22-17-7-5-4-6-16(17)21-3/h4-10H,11-12H2,1-3H3,(H,19,20). The molecule has 0 saturated carbocycles. The zero-order valence-electron chi connectivity index (χ0n) is 13.2. The predicted molar refractivity (Wildman–Crippen MR) is 86.3 cm³/mol. The van der Waals surface area contributed by atoms with Crippen LogP contribution >= 0.6 is 0 Å². The lowest BCUT2D eigenvalue weighted by molar-refractivity contribution is -0.123. The number of hydrogen-bond acceptors (Lipinski definition) is 3. The molecule has 2 rings (SSSR count). The highest BCUT2D eigenvalue weighted by molar-refractivity contribution is 5.77. The molecule has 0 saturated heterocycles. The van der Waals surface area contributed by atoms with Crippen molar-refractivity contribution in [2.24, 2.45) is 0 Å². The number of carbonyl (C=O) groups is 1. The molecule has 0 aliphatic rings. The number of ether oxygens (including phenoxy) is 2. The fraction of sp³-hybridized carbons (Fsp3) is 0.278. The summed E-state index contributed by atoms with van der Waals surface area (Å²) in [5.74, 6) is 1.02. The maximum atomic E-state index is 11.9. The number of benzene rings is 2. The fourth-order valence-corrected chi connectivity index (χ4v) is 2.17. The third kappa shape index (κ3) is 4.25. The number of carbonyl (C=O) groups excluding carboxylic acids is 1. The highest BCUT2D eigenvalue weighted by Crippen LogP contribution is 2.25. The number of nitrogens with one attached hydrogen (secondary N) is 1. The van der Waals surface area contributed by atoms with Crippen molar-refractivity contribution >= 4 is 5.91 Å². The molecule has 1 N–H and O–H groups in total. The quantitative estimate of drug-likeness (QED) is 0.892. The molecule has 116 valence electrons. The van der Waals surface area contributed by atoms with Crippen LogP contribution in [0.2, 0.25) is 0 Å². The van der Waals surface area contributed by atoms with E-state index < -0.39 is 0 Å². The van der Waals surface area contributed by atoms with Crippen LogP contribution in [0.3, 0.4) is 0 Å². The van der Waals surface area contributed by atoms with Crippen molar-refractivity contribution in [1.29, 1.82) is 0 Å². The van der Waals surface area contributed by atoms with Crippen LogP contribution < -0.4 is 14.8 Å². The first-order valence-electron chi connectivity index (χ1n) is 7.19. The lowest BCUT2D eigenvalue weighted by atomic mass is 10.1. The van der Waals surface area contributed by atoms with Gasteiger partial charge in [0.25, 0.3) is 5.91 Å². The highest BCUT2D eigenvalue weighted by atomic mass is 16.5. The minimum atomic E-state index is -0.161. The first-order valence-corrected chi connectivity index (χ1v) is 7.19. The molecular weight excluding hydrogens is 278 g/mol. The molecule has 4 heteroatoms. The molecule has 1 amide bonds. The Balaban J connectivity index is 1.85. The Morgan fingerprint density at radius 2 is 1.82 bits per heavy atom. The van der Waals surface area contributed by atoms with Gasteiger partial charge in [0.15, 0.2) is 18.1 Å². The van der Waals surface area contributed by atoms with Gasteiger partial charge >= 0.3 is 0 Å². The number of rotatable bonds is 6. The predicted octanol–water partition coefficient (Wildman–Crippen LogP) is 3.01.